The summed E-state index contributed by atoms with van der Waals surface area (Å²) in [5.41, 5.74) is -2.54. The maximum absolute atomic E-state index is 11.1. The second-order valence-electron chi connectivity index (χ2n) is 2.50. The first-order valence-electron chi connectivity index (χ1n) is 3.51. The van der Waals surface area contributed by atoms with Crippen LogP contribution >= 0.6 is 0 Å². The van der Waals surface area contributed by atoms with Crippen LogP contribution in [0.3, 0.4) is 0 Å². The molecule has 2 rings (SSSR count). The molecule has 0 radical (unpaired) electrons. The molecular formula is C6H3N5O3. The van der Waals surface area contributed by atoms with E-state index >= 15 is 0 Å². The number of rotatable bonds is 0. The minimum Gasteiger partial charge on any atom is -0.299 e. The third kappa shape index (κ3) is 0.893. The minimum absolute atomic E-state index is 0.129. The molecule has 0 unspecified atom stereocenters. The van der Waals surface area contributed by atoms with E-state index in [4.69, 9.17) is 5.26 Å². The molecule has 8 nitrogen and oxygen atoms in total. The highest BCUT2D eigenvalue weighted by Gasteiger charge is 2.09. The molecular weight excluding hydrogens is 190 g/mol. The van der Waals surface area contributed by atoms with Gasteiger partial charge >= 0.3 is 11.4 Å². The van der Waals surface area contributed by atoms with Gasteiger partial charge in [-0.05, 0) is 0 Å². The van der Waals surface area contributed by atoms with Gasteiger partial charge in [-0.15, -0.1) is 0 Å². The number of imidazole rings is 1. The SMILES string of the molecule is N#Cn1c(=O)[nH]c2c(=O)[nH]c(=O)[nH]c21. The van der Waals surface area contributed by atoms with E-state index in [1.165, 1.54) is 6.19 Å². The van der Waals surface area contributed by atoms with Gasteiger partial charge in [0.15, 0.2) is 17.4 Å². The number of nitriles is 1. The van der Waals surface area contributed by atoms with E-state index in [0.717, 1.165) is 0 Å². The Morgan fingerprint density at radius 1 is 1.14 bits per heavy atom. The molecule has 0 bridgehead atoms. The van der Waals surface area contributed by atoms with Crippen molar-refractivity contribution in [2.24, 2.45) is 0 Å². The molecule has 0 aliphatic heterocycles. The van der Waals surface area contributed by atoms with E-state index in [0.29, 0.717) is 4.57 Å². The van der Waals surface area contributed by atoms with Gasteiger partial charge in [0.25, 0.3) is 5.56 Å². The Morgan fingerprint density at radius 3 is 2.50 bits per heavy atom. The highest BCUT2D eigenvalue weighted by atomic mass is 16.2. The summed E-state index contributed by atoms with van der Waals surface area (Å²) in [4.78, 5) is 39.2. The Balaban J connectivity index is 3.21. The number of hydrogen-bond donors (Lipinski definition) is 3. The first-order chi connectivity index (χ1) is 6.63. The molecule has 14 heavy (non-hydrogen) atoms. The molecule has 0 spiro atoms. The van der Waals surface area contributed by atoms with Crippen LogP contribution in [0.4, 0.5) is 0 Å². The molecule has 0 aliphatic carbocycles. The van der Waals surface area contributed by atoms with Crippen molar-refractivity contribution in [3.05, 3.63) is 31.3 Å². The molecule has 0 saturated heterocycles. The Hall–Kier alpha value is -2.56. The van der Waals surface area contributed by atoms with E-state index in [1.807, 2.05) is 4.98 Å². The predicted molar refractivity (Wildman–Crippen MR) is 44.8 cm³/mol. The molecule has 2 heterocycles. The molecule has 70 valence electrons. The van der Waals surface area contributed by atoms with Gasteiger partial charge in [0.1, 0.15) is 0 Å². The number of fused-ring (bicyclic) bond motifs is 1. The standard InChI is InChI=1S/C6H3N5O3/c7-1-11-3-2(8-6(11)14)4(12)10-5(13)9-3/h(H,8,14)(H2,9,10,12,13). The summed E-state index contributed by atoms with van der Waals surface area (Å²) < 4.78 is 0.589. The van der Waals surface area contributed by atoms with Gasteiger partial charge in [0.2, 0.25) is 0 Å². The number of nitrogens with one attached hydrogen (secondary N) is 3. The normalized spacial score (nSPS) is 10.2. The highest BCUT2D eigenvalue weighted by molar-refractivity contribution is 5.69. The number of aromatic nitrogens is 4. The number of aromatic amines is 3. The molecule has 0 aliphatic rings. The summed E-state index contributed by atoms with van der Waals surface area (Å²) in [6.07, 6.45) is 1.52. The van der Waals surface area contributed by atoms with Crippen molar-refractivity contribution < 1.29 is 0 Å². The third-order valence-corrected chi connectivity index (χ3v) is 1.68. The summed E-state index contributed by atoms with van der Waals surface area (Å²) in [6.45, 7) is 0. The van der Waals surface area contributed by atoms with Crippen LogP contribution in [0.5, 0.6) is 0 Å². The molecule has 0 saturated carbocycles. The average molecular weight is 193 g/mol. The number of H-pyrrole nitrogens is 3. The van der Waals surface area contributed by atoms with Crippen molar-refractivity contribution in [3.63, 3.8) is 0 Å². The van der Waals surface area contributed by atoms with Crippen LogP contribution in [-0.4, -0.2) is 19.5 Å². The summed E-state index contributed by atoms with van der Waals surface area (Å²) in [7, 11) is 0. The van der Waals surface area contributed by atoms with Gasteiger partial charge in [0, 0.05) is 0 Å². The fourth-order valence-electron chi connectivity index (χ4n) is 1.12. The second kappa shape index (κ2) is 2.46. The predicted octanol–water partition coefficient (Wildman–Crippen LogP) is -1.96. The fourth-order valence-corrected chi connectivity index (χ4v) is 1.12. The van der Waals surface area contributed by atoms with E-state index in [1.54, 1.807) is 0 Å². The third-order valence-electron chi connectivity index (χ3n) is 1.68. The van der Waals surface area contributed by atoms with Gasteiger partial charge < -0.3 is 0 Å². The molecule has 0 atom stereocenters. The van der Waals surface area contributed by atoms with Crippen molar-refractivity contribution in [3.8, 4) is 6.19 Å². The quantitative estimate of drug-likeness (QED) is 0.448. The van der Waals surface area contributed by atoms with Crippen LogP contribution in [-0.2, 0) is 0 Å². The van der Waals surface area contributed by atoms with E-state index in [9.17, 15) is 14.4 Å². The smallest absolute Gasteiger partial charge is 0.299 e. The lowest BCUT2D eigenvalue weighted by molar-refractivity contribution is 0.999. The monoisotopic (exact) mass is 193 g/mol. The molecule has 2 aromatic rings. The van der Waals surface area contributed by atoms with Crippen molar-refractivity contribution in [2.75, 3.05) is 0 Å². The van der Waals surface area contributed by atoms with Gasteiger partial charge in [-0.3, -0.25) is 19.7 Å². The van der Waals surface area contributed by atoms with Crippen molar-refractivity contribution >= 4 is 11.2 Å². The maximum Gasteiger partial charge on any atom is 0.341 e. The first kappa shape index (κ1) is 8.06. The van der Waals surface area contributed by atoms with Gasteiger partial charge in [0.05, 0.1) is 0 Å². The number of nitrogens with zero attached hydrogens (tertiary/aromatic N) is 2. The highest BCUT2D eigenvalue weighted by Crippen LogP contribution is 1.94. The molecule has 0 aromatic carbocycles. The molecule has 3 N–H and O–H groups in total. The topological polar surface area (TPSA) is 127 Å². The van der Waals surface area contributed by atoms with Gasteiger partial charge in [-0.25, -0.2) is 9.59 Å². The fraction of sp³-hybridized carbons (Fsp3) is 0. The molecule has 8 heteroatoms. The minimum atomic E-state index is -0.773. The molecule has 2 aromatic heterocycles. The van der Waals surface area contributed by atoms with E-state index in [2.05, 4.69) is 9.97 Å². The lowest BCUT2D eigenvalue weighted by atomic mass is 10.5. The lowest BCUT2D eigenvalue weighted by Crippen LogP contribution is -2.22. The van der Waals surface area contributed by atoms with Crippen LogP contribution in [0.25, 0.3) is 11.2 Å². The average Bonchev–Trinajstić information content (AvgIpc) is 2.41. The zero-order chi connectivity index (χ0) is 10.3. The maximum atomic E-state index is 11.1. The second-order valence-corrected chi connectivity index (χ2v) is 2.50. The zero-order valence-electron chi connectivity index (χ0n) is 6.62. The van der Waals surface area contributed by atoms with E-state index < -0.39 is 16.9 Å². The Labute approximate surface area is 74.4 Å². The Bertz CT molecular complexity index is 706. The Morgan fingerprint density at radius 2 is 1.86 bits per heavy atom. The molecule has 0 fully saturated rings. The zero-order valence-corrected chi connectivity index (χ0v) is 6.62. The van der Waals surface area contributed by atoms with Gasteiger partial charge in [-0.2, -0.15) is 9.83 Å². The lowest BCUT2D eigenvalue weighted by Gasteiger charge is -1.87. The van der Waals surface area contributed by atoms with E-state index in [-0.39, 0.29) is 11.2 Å². The van der Waals surface area contributed by atoms with Crippen molar-refractivity contribution in [1.29, 1.82) is 5.26 Å². The Kier molecular flexibility index (Phi) is 1.42. The molecule has 0 amide bonds. The van der Waals surface area contributed by atoms with Crippen molar-refractivity contribution in [1.82, 2.24) is 19.5 Å². The van der Waals surface area contributed by atoms with Crippen LogP contribution < -0.4 is 16.9 Å². The first-order valence-corrected chi connectivity index (χ1v) is 3.51. The number of hydrogen-bond acceptors (Lipinski definition) is 4. The summed E-state index contributed by atoms with van der Waals surface area (Å²) in [5, 5.41) is 8.55. The summed E-state index contributed by atoms with van der Waals surface area (Å²) in [6, 6.07) is 0. The van der Waals surface area contributed by atoms with Crippen LogP contribution in [0.15, 0.2) is 14.4 Å². The summed E-state index contributed by atoms with van der Waals surface area (Å²) >= 11 is 0. The van der Waals surface area contributed by atoms with Crippen LogP contribution in [0, 0.1) is 11.5 Å². The van der Waals surface area contributed by atoms with Crippen molar-refractivity contribution in [2.45, 2.75) is 0 Å². The van der Waals surface area contributed by atoms with Crippen LogP contribution in [0.2, 0.25) is 0 Å². The summed E-state index contributed by atoms with van der Waals surface area (Å²) in [5.74, 6) is 0. The largest absolute Gasteiger partial charge is 0.341 e. The van der Waals surface area contributed by atoms with Crippen LogP contribution in [0.1, 0.15) is 0 Å². The van der Waals surface area contributed by atoms with Gasteiger partial charge in [-0.1, -0.05) is 0 Å².